The number of hydrogen-bond donors (Lipinski definition) is 0. The molecule has 2 aromatic heterocycles. The predicted molar refractivity (Wildman–Crippen MR) is 69.1 cm³/mol. The molecule has 5 heteroatoms. The van der Waals surface area contributed by atoms with Crippen molar-refractivity contribution in [2.24, 2.45) is 0 Å². The predicted octanol–water partition coefficient (Wildman–Crippen LogP) is 1.98. The highest BCUT2D eigenvalue weighted by Crippen LogP contribution is 2.12. The van der Waals surface area contributed by atoms with Gasteiger partial charge in [0, 0.05) is 22.8 Å². The molecule has 2 rings (SSSR count). The average molecular weight is 244 g/mol. The van der Waals surface area contributed by atoms with Crippen LogP contribution in [0.25, 0.3) is 11.6 Å². The topological polar surface area (TPSA) is 68.6 Å². The van der Waals surface area contributed by atoms with E-state index in [4.69, 9.17) is 4.79 Å². The summed E-state index contributed by atoms with van der Waals surface area (Å²) in [6.07, 6.45) is 0. The number of carbonyl (C=O) groups is 1. The molecule has 0 atom stereocenters. The van der Waals surface area contributed by atoms with Crippen molar-refractivity contribution in [1.82, 2.24) is 19.9 Å². The van der Waals surface area contributed by atoms with Gasteiger partial charge in [-0.1, -0.05) is 0 Å². The molecule has 0 spiro atoms. The molecule has 5 nitrogen and oxygen atoms in total. The minimum absolute atomic E-state index is 0.601. The van der Waals surface area contributed by atoms with Crippen molar-refractivity contribution < 1.29 is 4.79 Å². The van der Waals surface area contributed by atoms with E-state index in [-0.39, 0.29) is 0 Å². The Bertz CT molecular complexity index is 465. The van der Waals surface area contributed by atoms with Crippen molar-refractivity contribution in [3.05, 3.63) is 34.9 Å². The largest absolute Gasteiger partial charge is 0.307 e. The van der Waals surface area contributed by atoms with Crippen LogP contribution in [0.1, 0.15) is 22.8 Å². The Balaban J connectivity index is 0.000000771. The molecule has 0 N–H and O–H groups in total. The van der Waals surface area contributed by atoms with Crippen molar-refractivity contribution in [3.8, 4) is 11.6 Å². The summed E-state index contributed by atoms with van der Waals surface area (Å²) in [5.74, 6) is 1.20. The number of nitrogens with zero attached hydrogens (tertiary/aromatic N) is 4. The summed E-state index contributed by atoms with van der Waals surface area (Å²) < 4.78 is 0. The Kier molecular flexibility index (Phi) is 4.59. The van der Waals surface area contributed by atoms with E-state index >= 15 is 0 Å². The van der Waals surface area contributed by atoms with Gasteiger partial charge in [-0.15, -0.1) is 0 Å². The van der Waals surface area contributed by atoms with Gasteiger partial charge in [0.15, 0.2) is 11.6 Å². The fraction of sp³-hybridized carbons (Fsp3) is 0.308. The monoisotopic (exact) mass is 244 g/mol. The standard InChI is InChI=1S/C12H14N4.CH2O/c1-7-5-8(2)14-11(13-7)12-15-9(3)6-10(4)16-12;1-2/h5-6H,1-4H3;1H2. The lowest BCUT2D eigenvalue weighted by molar-refractivity contribution is -0.0979. The normalized spacial score (nSPS) is 9.56. The SMILES string of the molecule is C=O.Cc1cc(C)nc(-c2nc(C)cc(C)n2)n1. The summed E-state index contributed by atoms with van der Waals surface area (Å²) in [4.78, 5) is 25.4. The van der Waals surface area contributed by atoms with E-state index in [2.05, 4.69) is 19.9 Å². The molecule has 0 saturated carbocycles. The van der Waals surface area contributed by atoms with Gasteiger partial charge in [0.1, 0.15) is 6.79 Å². The van der Waals surface area contributed by atoms with E-state index in [1.807, 2.05) is 46.6 Å². The van der Waals surface area contributed by atoms with Crippen LogP contribution in [-0.4, -0.2) is 26.7 Å². The Labute approximate surface area is 106 Å². The van der Waals surface area contributed by atoms with E-state index in [1.165, 1.54) is 0 Å². The molecular weight excluding hydrogens is 228 g/mol. The summed E-state index contributed by atoms with van der Waals surface area (Å²) in [7, 11) is 0. The highest BCUT2D eigenvalue weighted by Gasteiger charge is 2.07. The zero-order chi connectivity index (χ0) is 13.7. The summed E-state index contributed by atoms with van der Waals surface area (Å²) >= 11 is 0. The maximum atomic E-state index is 8.00. The summed E-state index contributed by atoms with van der Waals surface area (Å²) in [6, 6.07) is 3.87. The summed E-state index contributed by atoms with van der Waals surface area (Å²) in [5, 5.41) is 0. The first-order valence-corrected chi connectivity index (χ1v) is 5.48. The van der Waals surface area contributed by atoms with E-state index in [1.54, 1.807) is 0 Å². The van der Waals surface area contributed by atoms with Gasteiger partial charge in [-0.3, -0.25) is 0 Å². The van der Waals surface area contributed by atoms with Crippen LogP contribution in [0, 0.1) is 27.7 Å². The zero-order valence-electron chi connectivity index (χ0n) is 11.1. The molecule has 0 saturated heterocycles. The Morgan fingerprint density at radius 1 is 0.667 bits per heavy atom. The van der Waals surface area contributed by atoms with Crippen molar-refractivity contribution >= 4 is 6.79 Å². The Morgan fingerprint density at radius 2 is 0.889 bits per heavy atom. The molecule has 0 fully saturated rings. The van der Waals surface area contributed by atoms with Crippen molar-refractivity contribution in [1.29, 1.82) is 0 Å². The first-order valence-electron chi connectivity index (χ1n) is 5.48. The minimum atomic E-state index is 0.601. The lowest BCUT2D eigenvalue weighted by atomic mass is 10.3. The Morgan fingerprint density at radius 3 is 1.11 bits per heavy atom. The molecule has 0 aromatic carbocycles. The highest BCUT2D eigenvalue weighted by molar-refractivity contribution is 5.44. The summed E-state index contributed by atoms with van der Waals surface area (Å²) in [6.45, 7) is 9.78. The molecule has 0 aliphatic rings. The second-order valence-electron chi connectivity index (χ2n) is 3.95. The molecular formula is C13H16N4O. The van der Waals surface area contributed by atoms with Crippen LogP contribution in [0.4, 0.5) is 0 Å². The first kappa shape index (κ1) is 13.9. The van der Waals surface area contributed by atoms with Crippen LogP contribution in [-0.2, 0) is 4.79 Å². The molecule has 0 aliphatic heterocycles. The smallest absolute Gasteiger partial charge is 0.198 e. The first-order chi connectivity index (χ1) is 8.54. The van der Waals surface area contributed by atoms with Gasteiger partial charge in [0.25, 0.3) is 0 Å². The molecule has 2 aromatic rings. The lowest BCUT2D eigenvalue weighted by Crippen LogP contribution is -2.00. The van der Waals surface area contributed by atoms with Gasteiger partial charge in [-0.05, 0) is 39.8 Å². The molecule has 0 amide bonds. The molecule has 94 valence electrons. The van der Waals surface area contributed by atoms with Crippen LogP contribution in [0.5, 0.6) is 0 Å². The molecule has 0 unspecified atom stereocenters. The van der Waals surface area contributed by atoms with Crippen LogP contribution in [0.3, 0.4) is 0 Å². The van der Waals surface area contributed by atoms with Gasteiger partial charge in [0.2, 0.25) is 0 Å². The second-order valence-corrected chi connectivity index (χ2v) is 3.95. The van der Waals surface area contributed by atoms with Crippen LogP contribution in [0.2, 0.25) is 0 Å². The molecule has 0 radical (unpaired) electrons. The van der Waals surface area contributed by atoms with Crippen molar-refractivity contribution in [2.75, 3.05) is 0 Å². The van der Waals surface area contributed by atoms with E-state index in [0.717, 1.165) is 22.8 Å². The number of hydrogen-bond acceptors (Lipinski definition) is 5. The van der Waals surface area contributed by atoms with Crippen molar-refractivity contribution in [3.63, 3.8) is 0 Å². The third kappa shape index (κ3) is 3.41. The highest BCUT2D eigenvalue weighted by atomic mass is 16.1. The van der Waals surface area contributed by atoms with E-state index in [0.29, 0.717) is 11.6 Å². The minimum Gasteiger partial charge on any atom is -0.307 e. The van der Waals surface area contributed by atoms with E-state index in [9.17, 15) is 0 Å². The zero-order valence-corrected chi connectivity index (χ0v) is 11.1. The molecule has 0 bridgehead atoms. The Hall–Kier alpha value is -2.17. The number of aryl methyl sites for hydroxylation is 4. The van der Waals surface area contributed by atoms with E-state index < -0.39 is 0 Å². The number of aromatic nitrogens is 4. The van der Waals surface area contributed by atoms with Crippen LogP contribution in [0.15, 0.2) is 12.1 Å². The van der Waals surface area contributed by atoms with Gasteiger partial charge in [0.05, 0.1) is 0 Å². The van der Waals surface area contributed by atoms with Crippen molar-refractivity contribution in [2.45, 2.75) is 27.7 Å². The number of rotatable bonds is 1. The fourth-order valence-electron chi connectivity index (χ4n) is 1.65. The van der Waals surface area contributed by atoms with Gasteiger partial charge in [-0.25, -0.2) is 19.9 Å². The van der Waals surface area contributed by atoms with Gasteiger partial charge in [-0.2, -0.15) is 0 Å². The maximum Gasteiger partial charge on any atom is 0.198 e. The van der Waals surface area contributed by atoms with Gasteiger partial charge >= 0.3 is 0 Å². The maximum absolute atomic E-state index is 8.00. The molecule has 2 heterocycles. The summed E-state index contributed by atoms with van der Waals surface area (Å²) in [5.41, 5.74) is 3.74. The average Bonchev–Trinajstić information content (AvgIpc) is 2.29. The number of carbonyl (C=O) groups excluding carboxylic acids is 1. The second kappa shape index (κ2) is 5.95. The quantitative estimate of drug-likeness (QED) is 0.767. The van der Waals surface area contributed by atoms with Crippen LogP contribution < -0.4 is 0 Å². The molecule has 0 aliphatic carbocycles. The lowest BCUT2D eigenvalue weighted by Gasteiger charge is -2.03. The third-order valence-corrected chi connectivity index (χ3v) is 2.16. The third-order valence-electron chi connectivity index (χ3n) is 2.16. The van der Waals surface area contributed by atoms with Gasteiger partial charge < -0.3 is 4.79 Å². The fourth-order valence-corrected chi connectivity index (χ4v) is 1.65. The molecule has 18 heavy (non-hydrogen) atoms. The van der Waals surface area contributed by atoms with Crippen LogP contribution >= 0.6 is 0 Å².